The molecule has 3 heteroatoms. The molecule has 0 fully saturated rings. The van der Waals surface area contributed by atoms with Gasteiger partial charge in [-0.3, -0.25) is 0 Å². The van der Waals surface area contributed by atoms with E-state index in [4.69, 9.17) is 9.90 Å². The Morgan fingerprint density at radius 1 is 1.80 bits per heavy atom. The summed E-state index contributed by atoms with van der Waals surface area (Å²) >= 11 is 0. The second kappa shape index (κ2) is 5.28. The summed E-state index contributed by atoms with van der Waals surface area (Å²) in [4.78, 5) is 8.89. The van der Waals surface area contributed by atoms with Crippen LogP contribution < -0.4 is 63.3 Å². The third-order valence-corrected chi connectivity index (χ3v) is 0. The standard InChI is InChI=1S/C2H4O2.Rb/c1-2(3)4;/h1H3,(H,3,4);/q;+1/p-1. The Kier molecular flexibility index (Phi) is 10.1. The van der Waals surface area contributed by atoms with Gasteiger partial charge in [0.2, 0.25) is 0 Å². The molecule has 0 bridgehead atoms. The Bertz CT molecular complexity index is 30.6. The fourth-order valence-corrected chi connectivity index (χ4v) is 0. The van der Waals surface area contributed by atoms with E-state index in [2.05, 4.69) is 0 Å². The molecule has 0 atom stereocenters. The Morgan fingerprint density at radius 3 is 1.80 bits per heavy atom. The van der Waals surface area contributed by atoms with Gasteiger partial charge in [0.15, 0.2) is 0 Å². The number of carboxylic acid groups (broad SMARTS) is 1. The van der Waals surface area contributed by atoms with Crippen molar-refractivity contribution in [3.05, 3.63) is 0 Å². The van der Waals surface area contributed by atoms with Crippen LogP contribution in [0.15, 0.2) is 0 Å². The van der Waals surface area contributed by atoms with Crippen molar-refractivity contribution < 1.29 is 68.1 Å². The minimum atomic E-state index is -1.08. The van der Waals surface area contributed by atoms with Crippen molar-refractivity contribution in [3.8, 4) is 0 Å². The molecule has 0 aliphatic rings. The largest absolute Gasteiger partial charge is 1.00 e. The maximum Gasteiger partial charge on any atom is 1.00 e. The predicted octanol–water partition coefficient (Wildman–Crippen LogP) is -4.24. The van der Waals surface area contributed by atoms with Crippen LogP contribution in [0.3, 0.4) is 0 Å². The van der Waals surface area contributed by atoms with Crippen LogP contribution in [0.25, 0.3) is 0 Å². The minimum absolute atomic E-state index is 0. The molecule has 0 unspecified atom stereocenters. The number of carbonyl (C=O) groups is 1. The molecule has 0 aromatic carbocycles. The van der Waals surface area contributed by atoms with E-state index in [1.165, 1.54) is 0 Å². The molecule has 0 aliphatic heterocycles. The molecule has 2 nitrogen and oxygen atoms in total. The third kappa shape index (κ3) is 34.8. The summed E-state index contributed by atoms with van der Waals surface area (Å²) in [7, 11) is 0. The van der Waals surface area contributed by atoms with E-state index < -0.39 is 5.97 Å². The van der Waals surface area contributed by atoms with Gasteiger partial charge in [0.25, 0.3) is 0 Å². The maximum atomic E-state index is 8.89. The minimum Gasteiger partial charge on any atom is -0.550 e. The van der Waals surface area contributed by atoms with Gasteiger partial charge < -0.3 is 9.90 Å². The van der Waals surface area contributed by atoms with E-state index in [1.807, 2.05) is 0 Å². The van der Waals surface area contributed by atoms with Crippen LogP contribution in [0, 0.1) is 0 Å². The van der Waals surface area contributed by atoms with E-state index in [-0.39, 0.29) is 58.2 Å². The molecule has 0 aromatic rings. The first-order chi connectivity index (χ1) is 1.73. The third-order valence-electron chi connectivity index (χ3n) is 0. The Labute approximate surface area is 79.4 Å². The van der Waals surface area contributed by atoms with Crippen molar-refractivity contribution in [1.29, 1.82) is 0 Å². The van der Waals surface area contributed by atoms with Crippen LogP contribution in [0.5, 0.6) is 0 Å². The average molecular weight is 145 g/mol. The maximum absolute atomic E-state index is 8.89. The number of carbonyl (C=O) groups excluding carboxylic acids is 1. The molecular formula is C2H3O2Rb. The molecule has 0 spiro atoms. The van der Waals surface area contributed by atoms with Gasteiger partial charge in [0, 0.05) is 5.97 Å². The van der Waals surface area contributed by atoms with E-state index in [9.17, 15) is 0 Å². The zero-order valence-corrected chi connectivity index (χ0v) is 8.23. The molecule has 0 saturated heterocycles. The zero-order chi connectivity index (χ0) is 3.58. The van der Waals surface area contributed by atoms with Crippen molar-refractivity contribution >= 4 is 5.97 Å². The molecule has 0 amide bonds. The summed E-state index contributed by atoms with van der Waals surface area (Å²) in [5, 5.41) is 8.89. The van der Waals surface area contributed by atoms with Gasteiger partial charge in [0.05, 0.1) is 0 Å². The molecule has 0 aromatic heterocycles. The van der Waals surface area contributed by atoms with Crippen molar-refractivity contribution in [2.24, 2.45) is 0 Å². The van der Waals surface area contributed by atoms with Gasteiger partial charge in [-0.1, -0.05) is 0 Å². The quantitative estimate of drug-likeness (QED) is 0.346. The summed E-state index contributed by atoms with van der Waals surface area (Å²) in [6, 6.07) is 0. The van der Waals surface area contributed by atoms with Crippen molar-refractivity contribution in [1.82, 2.24) is 0 Å². The molecule has 0 radical (unpaired) electrons. The number of rotatable bonds is 0. The van der Waals surface area contributed by atoms with E-state index in [1.54, 1.807) is 0 Å². The van der Waals surface area contributed by atoms with Crippen LogP contribution in [0.4, 0.5) is 0 Å². The topological polar surface area (TPSA) is 40.1 Å². The van der Waals surface area contributed by atoms with Gasteiger partial charge >= 0.3 is 58.2 Å². The van der Waals surface area contributed by atoms with E-state index in [0.29, 0.717) is 0 Å². The van der Waals surface area contributed by atoms with E-state index in [0.717, 1.165) is 6.92 Å². The SMILES string of the molecule is CC(=O)[O-].[Rb+]. The number of hydrogen-bond acceptors (Lipinski definition) is 2. The second-order valence-electron chi connectivity index (χ2n) is 0.492. The van der Waals surface area contributed by atoms with Gasteiger partial charge in [0.1, 0.15) is 0 Å². The average Bonchev–Trinajstić information content (AvgIpc) is 0.811. The number of carboxylic acids is 1. The summed E-state index contributed by atoms with van der Waals surface area (Å²) in [5.74, 6) is -1.08. The summed E-state index contributed by atoms with van der Waals surface area (Å²) in [6.45, 7) is 0.972. The monoisotopic (exact) mass is 144 g/mol. The summed E-state index contributed by atoms with van der Waals surface area (Å²) in [5.41, 5.74) is 0. The Hall–Kier alpha value is 1.28. The fourth-order valence-electron chi connectivity index (χ4n) is 0. The second-order valence-corrected chi connectivity index (χ2v) is 0.492. The molecule has 5 heavy (non-hydrogen) atoms. The molecule has 24 valence electrons. The van der Waals surface area contributed by atoms with Crippen LogP contribution >= 0.6 is 0 Å². The predicted molar refractivity (Wildman–Crippen MR) is 10.7 cm³/mol. The fraction of sp³-hybridized carbons (Fsp3) is 0.500. The number of aliphatic carboxylic acids is 1. The molecule has 0 saturated carbocycles. The molecule has 0 rings (SSSR count). The molecule has 0 aliphatic carbocycles. The number of hydrogen-bond donors (Lipinski definition) is 0. The van der Waals surface area contributed by atoms with Gasteiger partial charge in [-0.2, -0.15) is 0 Å². The first-order valence-corrected chi connectivity index (χ1v) is 0.908. The smallest absolute Gasteiger partial charge is 0.550 e. The Balaban J connectivity index is 0. The summed E-state index contributed by atoms with van der Waals surface area (Å²) < 4.78 is 0. The zero-order valence-electron chi connectivity index (χ0n) is 3.32. The van der Waals surface area contributed by atoms with Gasteiger partial charge in [-0.15, -0.1) is 0 Å². The Morgan fingerprint density at radius 2 is 1.80 bits per heavy atom. The van der Waals surface area contributed by atoms with Crippen molar-refractivity contribution in [2.45, 2.75) is 6.92 Å². The van der Waals surface area contributed by atoms with Crippen LogP contribution in [-0.2, 0) is 4.79 Å². The normalized spacial score (nSPS) is 5.00. The molecular weight excluding hydrogens is 141 g/mol. The van der Waals surface area contributed by atoms with Crippen molar-refractivity contribution in [3.63, 3.8) is 0 Å². The molecule has 0 N–H and O–H groups in total. The van der Waals surface area contributed by atoms with Crippen molar-refractivity contribution in [2.75, 3.05) is 0 Å². The first kappa shape index (κ1) is 9.55. The first-order valence-electron chi connectivity index (χ1n) is 0.908. The van der Waals surface area contributed by atoms with Gasteiger partial charge in [-0.05, 0) is 6.92 Å². The van der Waals surface area contributed by atoms with Crippen LogP contribution in [0.1, 0.15) is 6.92 Å². The van der Waals surface area contributed by atoms with Gasteiger partial charge in [-0.25, -0.2) is 0 Å². The molecule has 0 heterocycles. The van der Waals surface area contributed by atoms with Crippen LogP contribution in [-0.4, -0.2) is 5.97 Å². The van der Waals surface area contributed by atoms with E-state index >= 15 is 0 Å². The summed E-state index contributed by atoms with van der Waals surface area (Å²) in [6.07, 6.45) is 0. The van der Waals surface area contributed by atoms with Crippen LogP contribution in [0.2, 0.25) is 0 Å².